The monoisotopic (exact) mass is 620 g/mol. The molecule has 0 aliphatic rings. The average Bonchev–Trinajstić information content (AvgIpc) is 3.08. The summed E-state index contributed by atoms with van der Waals surface area (Å²) in [4.78, 5) is 4.36. The number of aliphatic hydroxyl groups excluding tert-OH is 4. The fourth-order valence-electron chi connectivity index (χ4n) is 5.07. The first-order chi connectivity index (χ1) is 22.3. The number of rotatable bonds is 14. The standard InChI is InChI=1S/C38H40N2O6/c1-27-6-3-8-31(20-27)39(29-12-16-37(17-13-29)45-25-35(43)23-41)33-10-5-11-34(22-33)40(32-9-4-7-28(2)21-32)30-14-18-38(19-15-30)46-26-36(44)24-42/h3-22,35-36,41-44H,23-26H2,1-2H3. The van der Waals surface area contributed by atoms with E-state index in [4.69, 9.17) is 19.7 Å². The van der Waals surface area contributed by atoms with Crippen molar-refractivity contribution in [3.63, 3.8) is 0 Å². The van der Waals surface area contributed by atoms with Crippen molar-refractivity contribution >= 4 is 34.1 Å². The molecule has 0 radical (unpaired) electrons. The van der Waals surface area contributed by atoms with Gasteiger partial charge in [0, 0.05) is 34.1 Å². The molecule has 2 unspecified atom stereocenters. The lowest BCUT2D eigenvalue weighted by molar-refractivity contribution is 0.0536. The quantitative estimate of drug-likeness (QED) is 0.109. The molecule has 0 spiro atoms. The molecule has 5 rings (SSSR count). The fourth-order valence-corrected chi connectivity index (χ4v) is 5.07. The van der Waals surface area contributed by atoms with Crippen molar-refractivity contribution in [2.24, 2.45) is 0 Å². The van der Waals surface area contributed by atoms with Gasteiger partial charge in [-0.25, -0.2) is 0 Å². The SMILES string of the molecule is Cc1cccc(N(c2ccc(OCC(O)CO)cc2)c2cccc(N(c3ccc(OCC(O)CO)cc3)c3cccc(C)c3)c2)c1. The number of benzene rings is 5. The Morgan fingerprint density at radius 2 is 0.826 bits per heavy atom. The van der Waals surface area contributed by atoms with Gasteiger partial charge in [0.05, 0.1) is 13.2 Å². The van der Waals surface area contributed by atoms with E-state index < -0.39 is 12.2 Å². The third-order valence-corrected chi connectivity index (χ3v) is 7.36. The first kappa shape index (κ1) is 32.5. The molecule has 0 aliphatic heterocycles. The van der Waals surface area contributed by atoms with Gasteiger partial charge < -0.3 is 39.7 Å². The maximum absolute atomic E-state index is 9.69. The van der Waals surface area contributed by atoms with Crippen LogP contribution in [0.1, 0.15) is 11.1 Å². The lowest BCUT2D eigenvalue weighted by Gasteiger charge is -2.30. The summed E-state index contributed by atoms with van der Waals surface area (Å²) in [7, 11) is 0. The van der Waals surface area contributed by atoms with Crippen molar-refractivity contribution in [2.75, 3.05) is 36.2 Å². The Morgan fingerprint density at radius 3 is 1.17 bits per heavy atom. The molecular formula is C38H40N2O6. The Hall–Kier alpha value is -4.86. The number of ether oxygens (including phenoxy) is 2. The van der Waals surface area contributed by atoms with Crippen LogP contribution in [-0.2, 0) is 0 Å². The summed E-state index contributed by atoms with van der Waals surface area (Å²) in [6.07, 6.45) is -1.88. The fraction of sp³-hybridized carbons (Fsp3) is 0.211. The van der Waals surface area contributed by atoms with E-state index in [9.17, 15) is 10.2 Å². The lowest BCUT2D eigenvalue weighted by atomic mass is 10.1. The van der Waals surface area contributed by atoms with Crippen molar-refractivity contribution in [2.45, 2.75) is 26.1 Å². The smallest absolute Gasteiger partial charge is 0.119 e. The predicted octanol–water partition coefficient (Wildman–Crippen LogP) is 6.71. The van der Waals surface area contributed by atoms with Crippen LogP contribution >= 0.6 is 0 Å². The van der Waals surface area contributed by atoms with Gasteiger partial charge >= 0.3 is 0 Å². The minimum absolute atomic E-state index is 0.00595. The zero-order valence-electron chi connectivity index (χ0n) is 26.0. The van der Waals surface area contributed by atoms with E-state index in [0.29, 0.717) is 11.5 Å². The molecule has 46 heavy (non-hydrogen) atoms. The van der Waals surface area contributed by atoms with Crippen LogP contribution in [0.4, 0.5) is 34.1 Å². The van der Waals surface area contributed by atoms with Crippen LogP contribution in [0, 0.1) is 13.8 Å². The number of hydrogen-bond donors (Lipinski definition) is 4. The minimum atomic E-state index is -0.939. The van der Waals surface area contributed by atoms with E-state index in [-0.39, 0.29) is 26.4 Å². The molecule has 0 heterocycles. The Kier molecular flexibility index (Phi) is 10.9. The van der Waals surface area contributed by atoms with Crippen molar-refractivity contribution in [3.8, 4) is 11.5 Å². The van der Waals surface area contributed by atoms with Gasteiger partial charge in [0.2, 0.25) is 0 Å². The number of nitrogens with zero attached hydrogens (tertiary/aromatic N) is 2. The largest absolute Gasteiger partial charge is 0.491 e. The highest BCUT2D eigenvalue weighted by molar-refractivity contribution is 5.83. The molecule has 0 bridgehead atoms. The predicted molar refractivity (Wildman–Crippen MR) is 182 cm³/mol. The maximum atomic E-state index is 9.69. The molecule has 0 fully saturated rings. The molecule has 2 atom stereocenters. The third-order valence-electron chi connectivity index (χ3n) is 7.36. The second-order valence-electron chi connectivity index (χ2n) is 11.2. The molecule has 8 heteroatoms. The normalized spacial score (nSPS) is 12.3. The summed E-state index contributed by atoms with van der Waals surface area (Å²) in [5.74, 6) is 1.19. The second kappa shape index (κ2) is 15.4. The highest BCUT2D eigenvalue weighted by Gasteiger charge is 2.18. The summed E-state index contributed by atoms with van der Waals surface area (Å²) in [5.41, 5.74) is 7.99. The van der Waals surface area contributed by atoms with Crippen molar-refractivity contribution in [1.29, 1.82) is 0 Å². The number of aryl methyl sites for hydroxylation is 2. The maximum Gasteiger partial charge on any atom is 0.119 e. The van der Waals surface area contributed by atoms with Crippen LogP contribution in [0.2, 0.25) is 0 Å². The zero-order chi connectivity index (χ0) is 32.5. The minimum Gasteiger partial charge on any atom is -0.491 e. The van der Waals surface area contributed by atoms with Crippen LogP contribution in [0.25, 0.3) is 0 Å². The van der Waals surface area contributed by atoms with Gasteiger partial charge in [-0.05, 0) is 116 Å². The van der Waals surface area contributed by atoms with Gasteiger partial charge in [0.25, 0.3) is 0 Å². The van der Waals surface area contributed by atoms with E-state index in [1.54, 1.807) is 0 Å². The van der Waals surface area contributed by atoms with Crippen molar-refractivity contribution < 1.29 is 29.9 Å². The van der Waals surface area contributed by atoms with E-state index in [1.165, 1.54) is 0 Å². The van der Waals surface area contributed by atoms with Crippen LogP contribution in [-0.4, -0.2) is 59.1 Å². The lowest BCUT2D eigenvalue weighted by Crippen LogP contribution is -2.21. The first-order valence-corrected chi connectivity index (χ1v) is 15.2. The van der Waals surface area contributed by atoms with E-state index in [1.807, 2.05) is 66.7 Å². The summed E-state index contributed by atoms with van der Waals surface area (Å²) in [5, 5.41) is 37.6. The van der Waals surface area contributed by atoms with Crippen LogP contribution in [0.15, 0.2) is 121 Å². The molecule has 0 amide bonds. The van der Waals surface area contributed by atoms with Crippen LogP contribution in [0.3, 0.4) is 0 Å². The molecule has 0 aliphatic carbocycles. The average molecular weight is 621 g/mol. The Labute approximate surface area is 270 Å². The molecule has 5 aromatic rings. The Balaban J connectivity index is 1.54. The second-order valence-corrected chi connectivity index (χ2v) is 11.2. The first-order valence-electron chi connectivity index (χ1n) is 15.2. The topological polar surface area (TPSA) is 106 Å². The van der Waals surface area contributed by atoms with Gasteiger partial charge in [-0.1, -0.05) is 30.3 Å². The molecule has 8 nitrogen and oxygen atoms in total. The molecule has 0 saturated heterocycles. The van der Waals surface area contributed by atoms with Gasteiger partial charge in [-0.2, -0.15) is 0 Å². The summed E-state index contributed by atoms with van der Waals surface area (Å²) >= 11 is 0. The van der Waals surface area contributed by atoms with Crippen LogP contribution in [0.5, 0.6) is 11.5 Å². The van der Waals surface area contributed by atoms with Gasteiger partial charge in [-0.15, -0.1) is 0 Å². The summed E-state index contributed by atoms with van der Waals surface area (Å²) in [6, 6.07) is 40.3. The van der Waals surface area contributed by atoms with Gasteiger partial charge in [0.1, 0.15) is 36.9 Å². The van der Waals surface area contributed by atoms with Crippen molar-refractivity contribution in [3.05, 3.63) is 132 Å². The molecule has 0 aromatic heterocycles. The van der Waals surface area contributed by atoms with Crippen LogP contribution < -0.4 is 19.3 Å². The molecular weight excluding hydrogens is 580 g/mol. The Morgan fingerprint density at radius 1 is 0.478 bits per heavy atom. The van der Waals surface area contributed by atoms with Gasteiger partial charge in [0.15, 0.2) is 0 Å². The van der Waals surface area contributed by atoms with Gasteiger partial charge in [-0.3, -0.25) is 0 Å². The molecule has 4 N–H and O–H groups in total. The van der Waals surface area contributed by atoms with Crippen molar-refractivity contribution in [1.82, 2.24) is 0 Å². The number of hydrogen-bond acceptors (Lipinski definition) is 8. The summed E-state index contributed by atoms with van der Waals surface area (Å²) < 4.78 is 11.3. The summed E-state index contributed by atoms with van der Waals surface area (Å²) in [6.45, 7) is 3.43. The molecule has 238 valence electrons. The molecule has 5 aromatic carbocycles. The zero-order valence-corrected chi connectivity index (χ0v) is 26.0. The molecule has 0 saturated carbocycles. The Bertz CT molecular complexity index is 1570. The van der Waals surface area contributed by atoms with E-state index >= 15 is 0 Å². The number of aliphatic hydroxyl groups is 4. The number of anilines is 6. The third kappa shape index (κ3) is 8.24. The highest BCUT2D eigenvalue weighted by atomic mass is 16.5. The van der Waals surface area contributed by atoms with E-state index in [0.717, 1.165) is 45.3 Å². The highest BCUT2D eigenvalue weighted by Crippen LogP contribution is 2.41. The van der Waals surface area contributed by atoms with E-state index in [2.05, 4.69) is 78.2 Å².